The molecule has 0 aromatic heterocycles. The zero-order valence-electron chi connectivity index (χ0n) is 17.6. The Morgan fingerprint density at radius 3 is 2.47 bits per heavy atom. The van der Waals surface area contributed by atoms with E-state index in [2.05, 4.69) is 46.6 Å². The third-order valence-electron chi connectivity index (χ3n) is 5.81. The fourth-order valence-corrected chi connectivity index (χ4v) is 4.05. The Kier molecular flexibility index (Phi) is 6.53. The van der Waals surface area contributed by atoms with Gasteiger partial charge in [-0.05, 0) is 54.8 Å². The lowest BCUT2D eigenvalue weighted by molar-refractivity contribution is -0.128. The van der Waals surface area contributed by atoms with Gasteiger partial charge in [0.2, 0.25) is 0 Å². The number of ether oxygens (including phenoxy) is 1. The highest BCUT2D eigenvalue weighted by molar-refractivity contribution is 5.89. The zero-order chi connectivity index (χ0) is 20.8. The van der Waals surface area contributed by atoms with Crippen molar-refractivity contribution in [2.45, 2.75) is 45.3 Å². The first kappa shape index (κ1) is 20.3. The maximum Gasteiger partial charge on any atom is 0.261 e. The van der Waals surface area contributed by atoms with Crippen molar-refractivity contribution in [3.05, 3.63) is 72.3 Å². The van der Waals surface area contributed by atoms with Gasteiger partial charge in [0.05, 0.1) is 0 Å². The van der Waals surface area contributed by atoms with E-state index in [4.69, 9.17) is 4.74 Å². The molecule has 0 saturated carbocycles. The van der Waals surface area contributed by atoms with E-state index in [1.807, 2.05) is 37.3 Å². The normalized spacial score (nSPS) is 15.0. The number of rotatable bonds is 7. The SMILES string of the molecule is CCC(Oc1cccc2ccccc12)C(=O)NCc1ccc(N2CCCCC2)cc1. The Morgan fingerprint density at radius 2 is 1.70 bits per heavy atom. The third-order valence-corrected chi connectivity index (χ3v) is 5.81. The molecule has 1 aliphatic heterocycles. The highest BCUT2D eigenvalue weighted by Crippen LogP contribution is 2.26. The van der Waals surface area contributed by atoms with Gasteiger partial charge in [-0.3, -0.25) is 4.79 Å². The average Bonchev–Trinajstić information content (AvgIpc) is 2.82. The van der Waals surface area contributed by atoms with E-state index < -0.39 is 6.10 Å². The van der Waals surface area contributed by atoms with Crippen LogP contribution in [0, 0.1) is 0 Å². The summed E-state index contributed by atoms with van der Waals surface area (Å²) in [6, 6.07) is 22.6. The lowest BCUT2D eigenvalue weighted by Gasteiger charge is -2.28. The van der Waals surface area contributed by atoms with Crippen molar-refractivity contribution in [2.24, 2.45) is 0 Å². The summed E-state index contributed by atoms with van der Waals surface area (Å²) >= 11 is 0. The molecule has 1 amide bonds. The number of nitrogens with zero attached hydrogens (tertiary/aromatic N) is 1. The first-order valence-corrected chi connectivity index (χ1v) is 11.0. The minimum absolute atomic E-state index is 0.0782. The predicted molar refractivity (Wildman–Crippen MR) is 123 cm³/mol. The standard InChI is InChI=1S/C26H30N2O2/c1-2-24(30-25-12-8-10-21-9-4-5-11-23(21)25)26(29)27-19-20-13-15-22(16-14-20)28-17-6-3-7-18-28/h4-5,8-16,24H,2-3,6-7,17-19H2,1H3,(H,27,29). The summed E-state index contributed by atoms with van der Waals surface area (Å²) in [5, 5.41) is 5.18. The van der Waals surface area contributed by atoms with Crippen molar-refractivity contribution in [3.8, 4) is 5.75 Å². The zero-order valence-corrected chi connectivity index (χ0v) is 17.6. The molecule has 1 atom stereocenters. The van der Waals surface area contributed by atoms with Crippen LogP contribution in [0.15, 0.2) is 66.7 Å². The molecule has 0 bridgehead atoms. The van der Waals surface area contributed by atoms with Crippen LogP contribution in [0.3, 0.4) is 0 Å². The Morgan fingerprint density at radius 1 is 0.967 bits per heavy atom. The maximum absolute atomic E-state index is 12.8. The number of anilines is 1. The Labute approximate surface area is 178 Å². The largest absolute Gasteiger partial charge is 0.480 e. The van der Waals surface area contributed by atoms with Crippen molar-refractivity contribution < 1.29 is 9.53 Å². The third kappa shape index (κ3) is 4.76. The number of piperidine rings is 1. The van der Waals surface area contributed by atoms with Gasteiger partial charge in [0.1, 0.15) is 5.75 Å². The highest BCUT2D eigenvalue weighted by atomic mass is 16.5. The van der Waals surface area contributed by atoms with Crippen LogP contribution in [0.25, 0.3) is 10.8 Å². The van der Waals surface area contributed by atoms with Crippen LogP contribution in [0.2, 0.25) is 0 Å². The van der Waals surface area contributed by atoms with E-state index >= 15 is 0 Å². The highest BCUT2D eigenvalue weighted by Gasteiger charge is 2.19. The molecule has 4 nitrogen and oxygen atoms in total. The van der Waals surface area contributed by atoms with E-state index in [0.29, 0.717) is 13.0 Å². The fourth-order valence-electron chi connectivity index (χ4n) is 4.05. The molecule has 156 valence electrons. The molecule has 0 spiro atoms. The molecule has 1 unspecified atom stereocenters. The summed E-state index contributed by atoms with van der Waals surface area (Å²) in [5.74, 6) is 0.673. The molecule has 3 aromatic carbocycles. The number of amides is 1. The lowest BCUT2D eigenvalue weighted by atomic mass is 10.1. The summed E-state index contributed by atoms with van der Waals surface area (Å²) in [7, 11) is 0. The van der Waals surface area contributed by atoms with Crippen molar-refractivity contribution in [1.82, 2.24) is 5.32 Å². The van der Waals surface area contributed by atoms with Crippen LogP contribution in [0.1, 0.15) is 38.2 Å². The van der Waals surface area contributed by atoms with Gasteiger partial charge in [-0.2, -0.15) is 0 Å². The van der Waals surface area contributed by atoms with E-state index in [1.165, 1.54) is 24.9 Å². The van der Waals surface area contributed by atoms with Gasteiger partial charge in [0.15, 0.2) is 6.10 Å². The van der Waals surface area contributed by atoms with Crippen LogP contribution >= 0.6 is 0 Å². The molecule has 1 fully saturated rings. The Hall–Kier alpha value is -3.01. The molecule has 0 aliphatic carbocycles. The number of carbonyl (C=O) groups is 1. The van der Waals surface area contributed by atoms with Crippen molar-refractivity contribution in [1.29, 1.82) is 0 Å². The lowest BCUT2D eigenvalue weighted by Crippen LogP contribution is -2.37. The van der Waals surface area contributed by atoms with E-state index in [9.17, 15) is 4.79 Å². The number of benzene rings is 3. The predicted octanol–water partition coefficient (Wildman–Crippen LogP) is 5.30. The topological polar surface area (TPSA) is 41.6 Å². The molecular formula is C26H30N2O2. The van der Waals surface area contributed by atoms with Gasteiger partial charge >= 0.3 is 0 Å². The molecule has 4 heteroatoms. The van der Waals surface area contributed by atoms with Gasteiger partial charge in [0, 0.05) is 30.7 Å². The first-order valence-electron chi connectivity index (χ1n) is 11.0. The first-order chi connectivity index (χ1) is 14.7. The molecule has 0 radical (unpaired) electrons. The number of nitrogens with one attached hydrogen (secondary N) is 1. The Balaban J connectivity index is 1.36. The second kappa shape index (κ2) is 9.66. The maximum atomic E-state index is 12.8. The monoisotopic (exact) mass is 402 g/mol. The van der Waals surface area contributed by atoms with Crippen LogP contribution in [-0.2, 0) is 11.3 Å². The second-order valence-electron chi connectivity index (χ2n) is 7.92. The Bertz CT molecular complexity index is 972. The summed E-state index contributed by atoms with van der Waals surface area (Å²) in [6.45, 7) is 4.76. The molecule has 1 N–H and O–H groups in total. The number of hydrogen-bond donors (Lipinski definition) is 1. The van der Waals surface area contributed by atoms with Gasteiger partial charge in [-0.15, -0.1) is 0 Å². The minimum atomic E-state index is -0.511. The van der Waals surface area contributed by atoms with Gasteiger partial charge in [-0.1, -0.05) is 55.5 Å². The molecule has 30 heavy (non-hydrogen) atoms. The summed E-state index contributed by atoms with van der Waals surface area (Å²) in [4.78, 5) is 15.2. The number of fused-ring (bicyclic) bond motifs is 1. The van der Waals surface area contributed by atoms with Crippen LogP contribution in [0.5, 0.6) is 5.75 Å². The van der Waals surface area contributed by atoms with Gasteiger partial charge in [-0.25, -0.2) is 0 Å². The van der Waals surface area contributed by atoms with Gasteiger partial charge in [0.25, 0.3) is 5.91 Å². The molecule has 1 saturated heterocycles. The van der Waals surface area contributed by atoms with Crippen molar-refractivity contribution in [3.63, 3.8) is 0 Å². The van der Waals surface area contributed by atoms with E-state index in [1.54, 1.807) is 0 Å². The van der Waals surface area contributed by atoms with Crippen LogP contribution in [0.4, 0.5) is 5.69 Å². The van der Waals surface area contributed by atoms with Crippen LogP contribution < -0.4 is 15.0 Å². The van der Waals surface area contributed by atoms with E-state index in [-0.39, 0.29) is 5.91 Å². The molecular weight excluding hydrogens is 372 g/mol. The molecule has 4 rings (SSSR count). The summed E-state index contributed by atoms with van der Waals surface area (Å²) in [5.41, 5.74) is 2.37. The summed E-state index contributed by atoms with van der Waals surface area (Å²) < 4.78 is 6.11. The number of carbonyl (C=O) groups excluding carboxylic acids is 1. The second-order valence-corrected chi connectivity index (χ2v) is 7.92. The smallest absolute Gasteiger partial charge is 0.261 e. The van der Waals surface area contributed by atoms with Crippen molar-refractivity contribution >= 4 is 22.4 Å². The van der Waals surface area contributed by atoms with E-state index in [0.717, 1.165) is 35.2 Å². The van der Waals surface area contributed by atoms with Gasteiger partial charge < -0.3 is 15.0 Å². The minimum Gasteiger partial charge on any atom is -0.480 e. The number of hydrogen-bond acceptors (Lipinski definition) is 3. The van der Waals surface area contributed by atoms with Crippen LogP contribution in [-0.4, -0.2) is 25.1 Å². The molecule has 3 aromatic rings. The van der Waals surface area contributed by atoms with Crippen molar-refractivity contribution in [2.75, 3.05) is 18.0 Å². The fraction of sp³-hybridized carbons (Fsp3) is 0.346. The molecule has 1 aliphatic rings. The molecule has 1 heterocycles. The quantitative estimate of drug-likeness (QED) is 0.583. The average molecular weight is 403 g/mol. The summed E-state index contributed by atoms with van der Waals surface area (Å²) in [6.07, 6.45) is 3.98.